The second-order valence-electron chi connectivity index (χ2n) is 3.75. The van der Waals surface area contributed by atoms with Gasteiger partial charge >= 0.3 is 5.97 Å². The van der Waals surface area contributed by atoms with Crippen molar-refractivity contribution in [2.24, 2.45) is 0 Å². The van der Waals surface area contributed by atoms with Crippen molar-refractivity contribution in [1.29, 1.82) is 0 Å². The van der Waals surface area contributed by atoms with E-state index in [-0.39, 0.29) is 6.10 Å². The Kier molecular flexibility index (Phi) is 4.82. The topological polar surface area (TPSA) is 44.8 Å². The van der Waals surface area contributed by atoms with E-state index in [0.29, 0.717) is 23.7 Å². The van der Waals surface area contributed by atoms with Crippen molar-refractivity contribution in [3.05, 3.63) is 23.8 Å². The molecule has 0 radical (unpaired) electrons. The average Bonchev–Trinajstić information content (AvgIpc) is 2.29. The summed E-state index contributed by atoms with van der Waals surface area (Å²) in [6.07, 6.45) is -0.00317. The molecule has 0 fully saturated rings. The maximum atomic E-state index is 11.8. The zero-order valence-corrected chi connectivity index (χ0v) is 10.6. The van der Waals surface area contributed by atoms with Crippen molar-refractivity contribution < 1.29 is 19.0 Å². The van der Waals surface area contributed by atoms with Gasteiger partial charge in [0.2, 0.25) is 0 Å². The summed E-state index contributed by atoms with van der Waals surface area (Å²) < 4.78 is 15.6. The second-order valence-corrected chi connectivity index (χ2v) is 3.75. The molecule has 0 aliphatic carbocycles. The largest absolute Gasteiger partial charge is 0.497 e. The van der Waals surface area contributed by atoms with Crippen molar-refractivity contribution in [1.82, 2.24) is 0 Å². The zero-order valence-electron chi connectivity index (χ0n) is 10.6. The van der Waals surface area contributed by atoms with Crippen LogP contribution >= 0.6 is 0 Å². The van der Waals surface area contributed by atoms with Crippen LogP contribution in [0.3, 0.4) is 0 Å². The molecule has 0 atom stereocenters. The van der Waals surface area contributed by atoms with Crippen molar-refractivity contribution in [2.75, 3.05) is 13.7 Å². The van der Waals surface area contributed by atoms with Crippen molar-refractivity contribution in [3.8, 4) is 11.5 Å². The minimum Gasteiger partial charge on any atom is -0.497 e. The highest BCUT2D eigenvalue weighted by atomic mass is 16.5. The molecule has 94 valence electrons. The number of hydrogen-bond donors (Lipinski definition) is 0. The van der Waals surface area contributed by atoms with E-state index in [1.807, 2.05) is 13.8 Å². The maximum Gasteiger partial charge on any atom is 0.342 e. The van der Waals surface area contributed by atoms with Crippen LogP contribution < -0.4 is 9.47 Å². The Morgan fingerprint density at radius 3 is 2.59 bits per heavy atom. The highest BCUT2D eigenvalue weighted by molar-refractivity contribution is 5.93. The van der Waals surface area contributed by atoms with Crippen LogP contribution in [0, 0.1) is 0 Å². The average molecular weight is 238 g/mol. The predicted octanol–water partition coefficient (Wildman–Crippen LogP) is 2.66. The summed E-state index contributed by atoms with van der Waals surface area (Å²) in [5, 5.41) is 0. The number of carbonyl (C=O) groups is 1. The summed E-state index contributed by atoms with van der Waals surface area (Å²) in [6.45, 7) is 5.90. The summed E-state index contributed by atoms with van der Waals surface area (Å²) in [7, 11) is 1.55. The number of carbonyl (C=O) groups excluding carboxylic acids is 1. The number of esters is 1. The van der Waals surface area contributed by atoms with Crippen LogP contribution in [0.25, 0.3) is 0 Å². The van der Waals surface area contributed by atoms with E-state index in [2.05, 4.69) is 0 Å². The fourth-order valence-corrected chi connectivity index (χ4v) is 1.36. The maximum absolute atomic E-state index is 11.8. The SMILES string of the molecule is CCOC(=O)c1cc(OC)ccc1OC(C)C. The standard InChI is InChI=1S/C13H18O4/c1-5-16-13(14)11-8-10(15-4)6-7-12(11)17-9(2)3/h6-9H,5H2,1-4H3. The Balaban J connectivity index is 3.06. The highest BCUT2D eigenvalue weighted by Crippen LogP contribution is 2.25. The summed E-state index contributed by atoms with van der Waals surface area (Å²) in [4.78, 5) is 11.8. The number of ether oxygens (including phenoxy) is 3. The van der Waals surface area contributed by atoms with E-state index < -0.39 is 5.97 Å². The molecule has 0 unspecified atom stereocenters. The molecule has 0 N–H and O–H groups in total. The van der Waals surface area contributed by atoms with Crippen molar-refractivity contribution in [3.63, 3.8) is 0 Å². The van der Waals surface area contributed by atoms with Crippen LogP contribution in [0.2, 0.25) is 0 Å². The van der Waals surface area contributed by atoms with Crippen LogP contribution in [0.5, 0.6) is 11.5 Å². The van der Waals surface area contributed by atoms with Crippen LogP contribution in [-0.2, 0) is 4.74 Å². The van der Waals surface area contributed by atoms with Gasteiger partial charge in [-0.1, -0.05) is 0 Å². The quantitative estimate of drug-likeness (QED) is 0.740. The van der Waals surface area contributed by atoms with Gasteiger partial charge in [-0.2, -0.15) is 0 Å². The van der Waals surface area contributed by atoms with Gasteiger partial charge in [0, 0.05) is 0 Å². The molecule has 0 amide bonds. The minimum atomic E-state index is -0.401. The molecule has 0 spiro atoms. The minimum absolute atomic E-state index is 0.00317. The van der Waals surface area contributed by atoms with E-state index >= 15 is 0 Å². The Morgan fingerprint density at radius 2 is 2.06 bits per heavy atom. The number of hydrogen-bond acceptors (Lipinski definition) is 4. The predicted molar refractivity (Wildman–Crippen MR) is 64.7 cm³/mol. The van der Waals surface area contributed by atoms with Gasteiger partial charge in [0.15, 0.2) is 0 Å². The molecule has 4 heteroatoms. The van der Waals surface area contributed by atoms with Crippen LogP contribution in [0.1, 0.15) is 31.1 Å². The van der Waals surface area contributed by atoms with Gasteiger partial charge in [-0.25, -0.2) is 4.79 Å². The van der Waals surface area contributed by atoms with Gasteiger partial charge in [0.1, 0.15) is 17.1 Å². The smallest absolute Gasteiger partial charge is 0.342 e. The van der Waals surface area contributed by atoms with Gasteiger partial charge < -0.3 is 14.2 Å². The second kappa shape index (κ2) is 6.13. The van der Waals surface area contributed by atoms with E-state index in [0.717, 1.165) is 0 Å². The van der Waals surface area contributed by atoms with Crippen LogP contribution in [0.15, 0.2) is 18.2 Å². The molecule has 0 saturated carbocycles. The molecule has 17 heavy (non-hydrogen) atoms. The molecule has 4 nitrogen and oxygen atoms in total. The Labute approximate surface area is 101 Å². The summed E-state index contributed by atoms with van der Waals surface area (Å²) in [5.74, 6) is 0.713. The Hall–Kier alpha value is -1.71. The van der Waals surface area contributed by atoms with Crippen LogP contribution in [-0.4, -0.2) is 25.8 Å². The summed E-state index contributed by atoms with van der Waals surface area (Å²) in [5.41, 5.74) is 0.389. The first-order valence-electron chi connectivity index (χ1n) is 5.60. The molecule has 1 aromatic rings. The van der Waals surface area contributed by atoms with E-state index in [1.165, 1.54) is 0 Å². The molecular weight excluding hydrogens is 220 g/mol. The molecular formula is C13H18O4. The molecule has 0 aliphatic rings. The molecule has 1 rings (SSSR count). The van der Waals surface area contributed by atoms with Gasteiger partial charge in [0.05, 0.1) is 19.8 Å². The third-order valence-corrected chi connectivity index (χ3v) is 2.04. The normalized spacial score (nSPS) is 10.2. The number of benzene rings is 1. The number of methoxy groups -OCH3 is 1. The van der Waals surface area contributed by atoms with Gasteiger partial charge in [-0.15, -0.1) is 0 Å². The number of rotatable bonds is 5. The lowest BCUT2D eigenvalue weighted by Crippen LogP contribution is -2.12. The van der Waals surface area contributed by atoms with Crippen molar-refractivity contribution in [2.45, 2.75) is 26.9 Å². The van der Waals surface area contributed by atoms with E-state index in [1.54, 1.807) is 32.2 Å². The third-order valence-electron chi connectivity index (χ3n) is 2.04. The van der Waals surface area contributed by atoms with Gasteiger partial charge in [0.25, 0.3) is 0 Å². The summed E-state index contributed by atoms with van der Waals surface area (Å²) in [6, 6.07) is 5.08. The third kappa shape index (κ3) is 3.66. The molecule has 0 bridgehead atoms. The zero-order chi connectivity index (χ0) is 12.8. The highest BCUT2D eigenvalue weighted by Gasteiger charge is 2.15. The fourth-order valence-electron chi connectivity index (χ4n) is 1.36. The van der Waals surface area contributed by atoms with E-state index in [4.69, 9.17) is 14.2 Å². The molecule has 0 heterocycles. The van der Waals surface area contributed by atoms with Gasteiger partial charge in [-0.05, 0) is 39.0 Å². The van der Waals surface area contributed by atoms with E-state index in [9.17, 15) is 4.79 Å². The lowest BCUT2D eigenvalue weighted by molar-refractivity contribution is 0.0519. The van der Waals surface area contributed by atoms with Crippen molar-refractivity contribution >= 4 is 5.97 Å². The lowest BCUT2D eigenvalue weighted by atomic mass is 10.2. The first-order valence-corrected chi connectivity index (χ1v) is 5.60. The fraction of sp³-hybridized carbons (Fsp3) is 0.462. The first-order chi connectivity index (χ1) is 8.08. The summed E-state index contributed by atoms with van der Waals surface area (Å²) >= 11 is 0. The van der Waals surface area contributed by atoms with Gasteiger partial charge in [-0.3, -0.25) is 0 Å². The lowest BCUT2D eigenvalue weighted by Gasteiger charge is -2.14. The molecule has 1 aromatic carbocycles. The van der Waals surface area contributed by atoms with Crippen LogP contribution in [0.4, 0.5) is 0 Å². The molecule has 0 aromatic heterocycles. The Morgan fingerprint density at radius 1 is 1.35 bits per heavy atom. The molecule has 0 aliphatic heterocycles. The molecule has 0 saturated heterocycles. The monoisotopic (exact) mass is 238 g/mol. The first kappa shape index (κ1) is 13.4. The Bertz CT molecular complexity index is 385.